The monoisotopic (exact) mass is 421 g/mol. The quantitative estimate of drug-likeness (QED) is 0.420. The Kier molecular flexibility index (Phi) is 6.84. The second kappa shape index (κ2) is 9.55. The molecule has 1 heterocycles. The first kappa shape index (κ1) is 22.2. The van der Waals surface area contributed by atoms with E-state index in [0.29, 0.717) is 37.1 Å². The number of likely N-dealkylation sites (tertiary alicyclic amines) is 1. The third kappa shape index (κ3) is 4.99. The zero-order valence-corrected chi connectivity index (χ0v) is 17.6. The molecule has 0 aromatic heterocycles. The van der Waals surface area contributed by atoms with Crippen molar-refractivity contribution in [2.75, 3.05) is 13.1 Å². The van der Waals surface area contributed by atoms with E-state index in [1.807, 2.05) is 38.1 Å². The number of carboxylic acids is 1. The fourth-order valence-corrected chi connectivity index (χ4v) is 3.91. The normalized spacial score (nSPS) is 14.9. The molecule has 0 spiro atoms. The van der Waals surface area contributed by atoms with Crippen LogP contribution < -0.4 is 0 Å². The van der Waals surface area contributed by atoms with E-state index in [1.165, 1.54) is 12.1 Å². The molecule has 0 atom stereocenters. The molecule has 31 heavy (non-hydrogen) atoms. The molecule has 2 aromatic rings. The number of nitrogens with zero attached hydrogens (tertiary/aromatic N) is 2. The summed E-state index contributed by atoms with van der Waals surface area (Å²) in [5.74, 6) is -1.32. The van der Waals surface area contributed by atoms with Gasteiger partial charge in [0.15, 0.2) is 0 Å². The first-order valence-electron chi connectivity index (χ1n) is 10.3. The average molecular weight is 421 g/mol. The minimum absolute atomic E-state index is 0.134. The van der Waals surface area contributed by atoms with E-state index >= 15 is 0 Å². The predicted octanol–water partition coefficient (Wildman–Crippen LogP) is 4.52. The van der Waals surface area contributed by atoms with Gasteiger partial charge >= 0.3 is 5.97 Å². The molecule has 1 aliphatic rings. The average Bonchev–Trinajstić information content (AvgIpc) is 2.77. The minimum atomic E-state index is -0.830. The van der Waals surface area contributed by atoms with Gasteiger partial charge in [0.25, 0.3) is 5.69 Å². The number of amides is 1. The van der Waals surface area contributed by atoms with Gasteiger partial charge < -0.3 is 10.0 Å². The lowest BCUT2D eigenvalue weighted by Gasteiger charge is -2.29. The van der Waals surface area contributed by atoms with Crippen LogP contribution in [0.3, 0.4) is 0 Å². The van der Waals surface area contributed by atoms with Crippen molar-refractivity contribution in [2.24, 2.45) is 5.92 Å². The van der Waals surface area contributed by atoms with Crippen LogP contribution in [0, 0.1) is 22.1 Å². The summed E-state index contributed by atoms with van der Waals surface area (Å²) in [5.41, 5.74) is 2.58. The van der Waals surface area contributed by atoms with Gasteiger partial charge in [-0.1, -0.05) is 44.2 Å². The Morgan fingerprint density at radius 1 is 1.23 bits per heavy atom. The summed E-state index contributed by atoms with van der Waals surface area (Å²) in [7, 11) is 0. The number of hydrogen-bond acceptors (Lipinski definition) is 4. The summed E-state index contributed by atoms with van der Waals surface area (Å²) >= 11 is 0. The highest BCUT2D eigenvalue weighted by Crippen LogP contribution is 2.38. The van der Waals surface area contributed by atoms with Crippen molar-refractivity contribution in [1.29, 1.82) is 0 Å². The van der Waals surface area contributed by atoms with Crippen LogP contribution in [0.15, 0.2) is 42.5 Å². The highest BCUT2D eigenvalue weighted by Gasteiger charge is 2.26. The molecule has 1 fully saturated rings. The molecule has 1 N–H and O–H groups in total. The number of aliphatic carboxylic acids is 1. The molecule has 1 aliphatic heterocycles. The van der Waals surface area contributed by atoms with Crippen LogP contribution in [0.25, 0.3) is 17.2 Å². The Labute approximate surface area is 181 Å². The van der Waals surface area contributed by atoms with Crippen molar-refractivity contribution >= 4 is 23.6 Å². The van der Waals surface area contributed by atoms with Crippen molar-refractivity contribution in [3.05, 3.63) is 69.8 Å². The Balaban J connectivity index is 1.94. The summed E-state index contributed by atoms with van der Waals surface area (Å²) in [6, 6.07) is 13.5. The lowest BCUT2D eigenvalue weighted by atomic mass is 9.89. The van der Waals surface area contributed by atoms with Gasteiger partial charge in [0.2, 0.25) is 5.91 Å². The predicted molar refractivity (Wildman–Crippen MR) is 117 cm³/mol. The molecule has 1 amide bonds. The number of carbonyl (C=O) groups is 2. The van der Waals surface area contributed by atoms with E-state index in [4.69, 9.17) is 5.11 Å². The first-order chi connectivity index (χ1) is 14.8. The lowest BCUT2D eigenvalue weighted by molar-refractivity contribution is -0.384. The Bertz CT molecular complexity index is 1020. The van der Waals surface area contributed by atoms with Crippen molar-refractivity contribution < 1.29 is 19.6 Å². The highest BCUT2D eigenvalue weighted by atomic mass is 16.6. The second-order valence-corrected chi connectivity index (χ2v) is 7.93. The standard InChI is InChI=1S/C24H25N2O5/c1-16(2)19-7-3-4-8-20(19)23-17(6-5-9-21(23)26(30)31)10-11-22(27)25-14-12-18(13-15-25)24(28)29/h3-8,10-11,16,18H,12-15H2,1-2H3,(H,28,29)/b11-10+. The van der Waals surface area contributed by atoms with Crippen molar-refractivity contribution in [3.8, 4) is 11.1 Å². The molecule has 161 valence electrons. The van der Waals surface area contributed by atoms with Gasteiger partial charge in [0.05, 0.1) is 22.5 Å². The van der Waals surface area contributed by atoms with Crippen molar-refractivity contribution in [3.63, 3.8) is 0 Å². The van der Waals surface area contributed by atoms with E-state index in [-0.39, 0.29) is 17.5 Å². The van der Waals surface area contributed by atoms with Crippen LogP contribution in [-0.2, 0) is 9.59 Å². The molecule has 2 aromatic carbocycles. The van der Waals surface area contributed by atoms with Crippen LogP contribution >= 0.6 is 0 Å². The molecule has 0 aliphatic carbocycles. The van der Waals surface area contributed by atoms with Gasteiger partial charge in [0, 0.05) is 19.2 Å². The summed E-state index contributed by atoms with van der Waals surface area (Å²) in [6.45, 7) is 4.81. The Hall–Kier alpha value is -3.48. The van der Waals surface area contributed by atoms with E-state index < -0.39 is 16.8 Å². The largest absolute Gasteiger partial charge is 0.481 e. The number of hydrogen-bond donors (Lipinski definition) is 1. The molecule has 3 rings (SSSR count). The van der Waals surface area contributed by atoms with Crippen molar-refractivity contribution in [1.82, 2.24) is 4.90 Å². The molecule has 0 bridgehead atoms. The maximum atomic E-state index is 12.6. The van der Waals surface area contributed by atoms with Gasteiger partial charge in [-0.15, -0.1) is 0 Å². The van der Waals surface area contributed by atoms with E-state index in [2.05, 4.69) is 6.07 Å². The smallest absolute Gasteiger partial charge is 0.306 e. The van der Waals surface area contributed by atoms with E-state index in [0.717, 1.165) is 11.1 Å². The number of benzene rings is 2. The third-order valence-electron chi connectivity index (χ3n) is 5.60. The van der Waals surface area contributed by atoms with Crippen LogP contribution in [-0.4, -0.2) is 39.9 Å². The Morgan fingerprint density at radius 3 is 2.52 bits per heavy atom. The van der Waals surface area contributed by atoms with Gasteiger partial charge in [-0.25, -0.2) is 0 Å². The maximum Gasteiger partial charge on any atom is 0.306 e. The van der Waals surface area contributed by atoms with Crippen LogP contribution in [0.1, 0.15) is 43.7 Å². The number of carbonyl (C=O) groups excluding carboxylic acids is 1. The van der Waals surface area contributed by atoms with Crippen LogP contribution in [0.2, 0.25) is 0 Å². The fraction of sp³-hybridized carbons (Fsp3) is 0.333. The molecule has 1 radical (unpaired) electrons. The highest BCUT2D eigenvalue weighted by molar-refractivity contribution is 5.94. The molecule has 7 nitrogen and oxygen atoms in total. The zero-order valence-electron chi connectivity index (χ0n) is 17.6. The van der Waals surface area contributed by atoms with E-state index in [9.17, 15) is 19.7 Å². The number of piperidine rings is 1. The van der Waals surface area contributed by atoms with Gasteiger partial charge in [-0.2, -0.15) is 0 Å². The molecule has 0 saturated carbocycles. The molecule has 1 saturated heterocycles. The van der Waals surface area contributed by atoms with E-state index in [1.54, 1.807) is 17.0 Å². The number of nitro groups is 1. The Morgan fingerprint density at radius 2 is 1.90 bits per heavy atom. The molecule has 0 unspecified atom stereocenters. The molecular formula is C24H25N2O5. The summed E-state index contributed by atoms with van der Waals surface area (Å²) in [6.07, 6.45) is 3.85. The molecule has 7 heteroatoms. The summed E-state index contributed by atoms with van der Waals surface area (Å²) in [4.78, 5) is 36.6. The lowest BCUT2D eigenvalue weighted by Crippen LogP contribution is -2.39. The fourth-order valence-electron chi connectivity index (χ4n) is 3.91. The zero-order chi connectivity index (χ0) is 22.5. The topological polar surface area (TPSA) is 101 Å². The van der Waals surface area contributed by atoms with Gasteiger partial charge in [-0.3, -0.25) is 19.7 Å². The van der Waals surface area contributed by atoms with Crippen molar-refractivity contribution in [2.45, 2.75) is 32.6 Å². The SMILES string of the molecule is CC(C)c1ccccc1-c1c([N+](=O)[O-])[c]ccc1/C=C/C(=O)N1CCC(C(=O)O)CC1. The summed E-state index contributed by atoms with van der Waals surface area (Å²) < 4.78 is 0. The first-order valence-corrected chi connectivity index (χ1v) is 10.3. The number of rotatable bonds is 6. The second-order valence-electron chi connectivity index (χ2n) is 7.93. The number of nitro benzene ring substituents is 1. The van der Waals surface area contributed by atoms with Crippen LogP contribution in [0.5, 0.6) is 0 Å². The maximum absolute atomic E-state index is 12.6. The van der Waals surface area contributed by atoms with Gasteiger partial charge in [-0.05, 0) is 47.6 Å². The number of carboxylic acid groups (broad SMARTS) is 1. The minimum Gasteiger partial charge on any atom is -0.481 e. The molecular weight excluding hydrogens is 396 g/mol. The summed E-state index contributed by atoms with van der Waals surface area (Å²) in [5, 5.41) is 20.8. The van der Waals surface area contributed by atoms with Gasteiger partial charge in [0.1, 0.15) is 0 Å². The third-order valence-corrected chi connectivity index (χ3v) is 5.60. The van der Waals surface area contributed by atoms with Crippen LogP contribution in [0.4, 0.5) is 5.69 Å².